The maximum atomic E-state index is 12.0. The van der Waals surface area contributed by atoms with Gasteiger partial charge in [-0.15, -0.1) is 0 Å². The van der Waals surface area contributed by atoms with Gasteiger partial charge in [-0.3, -0.25) is 9.52 Å². The van der Waals surface area contributed by atoms with Crippen molar-refractivity contribution in [1.29, 1.82) is 0 Å². The fourth-order valence-corrected chi connectivity index (χ4v) is 2.14. The molecule has 0 aliphatic rings. The largest absolute Gasteiger partial charge is 0.350 e. The van der Waals surface area contributed by atoms with Crippen molar-refractivity contribution < 1.29 is 13.2 Å². The van der Waals surface area contributed by atoms with Crippen molar-refractivity contribution in [3.8, 4) is 0 Å². The minimum absolute atomic E-state index is 0.0232. The molecule has 0 heterocycles. The summed E-state index contributed by atoms with van der Waals surface area (Å²) in [5.41, 5.74) is 0.553. The summed E-state index contributed by atoms with van der Waals surface area (Å²) < 4.78 is 24.6. The van der Waals surface area contributed by atoms with Gasteiger partial charge in [0.25, 0.3) is 5.91 Å². The summed E-state index contributed by atoms with van der Waals surface area (Å²) in [6.07, 6.45) is 1.84. The molecule has 106 valence electrons. The molecular formula is C12H17ClN2O3S. The number of hydrogen-bond acceptors (Lipinski definition) is 3. The molecule has 0 saturated heterocycles. The highest BCUT2D eigenvalue weighted by atomic mass is 35.5. The fraction of sp³-hybridized carbons (Fsp3) is 0.417. The molecule has 0 radical (unpaired) electrons. The predicted molar refractivity (Wildman–Crippen MR) is 77.1 cm³/mol. The van der Waals surface area contributed by atoms with Gasteiger partial charge >= 0.3 is 0 Å². The Kier molecular flexibility index (Phi) is 5.20. The molecule has 1 aromatic carbocycles. The smallest absolute Gasteiger partial charge is 0.253 e. The number of nitrogens with one attached hydrogen (secondary N) is 2. The number of carbonyl (C=O) groups excluding carboxylic acids is 1. The zero-order valence-electron chi connectivity index (χ0n) is 11.0. The first kappa shape index (κ1) is 15.8. The molecule has 1 atom stereocenters. The number of amides is 1. The van der Waals surface area contributed by atoms with Crippen LogP contribution < -0.4 is 10.0 Å². The average molecular weight is 305 g/mol. The first-order valence-corrected chi connectivity index (χ1v) is 8.08. The van der Waals surface area contributed by atoms with E-state index in [1.165, 1.54) is 18.2 Å². The fourth-order valence-electron chi connectivity index (χ4n) is 1.38. The van der Waals surface area contributed by atoms with E-state index in [4.69, 9.17) is 11.6 Å². The second-order valence-corrected chi connectivity index (χ2v) is 6.51. The van der Waals surface area contributed by atoms with Crippen LogP contribution in [0.4, 0.5) is 5.69 Å². The van der Waals surface area contributed by atoms with Crippen LogP contribution in [0.5, 0.6) is 0 Å². The van der Waals surface area contributed by atoms with Crippen molar-refractivity contribution in [2.45, 2.75) is 26.3 Å². The summed E-state index contributed by atoms with van der Waals surface area (Å²) in [4.78, 5) is 12.0. The monoisotopic (exact) mass is 304 g/mol. The zero-order chi connectivity index (χ0) is 14.6. The maximum absolute atomic E-state index is 12.0. The second-order valence-electron chi connectivity index (χ2n) is 4.35. The Morgan fingerprint density at radius 3 is 2.58 bits per heavy atom. The van der Waals surface area contributed by atoms with Crippen molar-refractivity contribution in [3.05, 3.63) is 28.8 Å². The summed E-state index contributed by atoms with van der Waals surface area (Å²) >= 11 is 5.95. The summed E-state index contributed by atoms with van der Waals surface area (Å²) in [6.45, 7) is 3.83. The van der Waals surface area contributed by atoms with Crippen LogP contribution in [0, 0.1) is 0 Å². The van der Waals surface area contributed by atoms with Crippen LogP contribution in [-0.2, 0) is 10.0 Å². The van der Waals surface area contributed by atoms with Crippen molar-refractivity contribution in [1.82, 2.24) is 5.32 Å². The molecule has 1 aromatic rings. The molecule has 2 N–H and O–H groups in total. The van der Waals surface area contributed by atoms with E-state index in [0.717, 1.165) is 12.7 Å². The molecule has 0 aliphatic heterocycles. The van der Waals surface area contributed by atoms with E-state index in [1.54, 1.807) is 0 Å². The Morgan fingerprint density at radius 1 is 1.42 bits per heavy atom. The molecule has 0 aliphatic carbocycles. The van der Waals surface area contributed by atoms with Gasteiger partial charge in [0.15, 0.2) is 0 Å². The van der Waals surface area contributed by atoms with Crippen LogP contribution in [0.1, 0.15) is 30.6 Å². The zero-order valence-corrected chi connectivity index (χ0v) is 12.6. The normalized spacial score (nSPS) is 12.8. The Hall–Kier alpha value is -1.27. The Bertz CT molecular complexity index is 572. The van der Waals surface area contributed by atoms with Gasteiger partial charge < -0.3 is 5.32 Å². The lowest BCUT2D eigenvalue weighted by Crippen LogP contribution is -2.32. The van der Waals surface area contributed by atoms with E-state index in [9.17, 15) is 13.2 Å². The minimum Gasteiger partial charge on any atom is -0.350 e. The number of rotatable bonds is 5. The Morgan fingerprint density at radius 2 is 2.05 bits per heavy atom. The highest BCUT2D eigenvalue weighted by molar-refractivity contribution is 7.92. The van der Waals surface area contributed by atoms with Crippen LogP contribution >= 0.6 is 11.6 Å². The highest BCUT2D eigenvalue weighted by Gasteiger charge is 2.14. The van der Waals surface area contributed by atoms with E-state index in [2.05, 4.69) is 10.0 Å². The Balaban J connectivity index is 3.00. The number of anilines is 1. The lowest BCUT2D eigenvalue weighted by Gasteiger charge is -2.13. The molecule has 19 heavy (non-hydrogen) atoms. The lowest BCUT2D eigenvalue weighted by molar-refractivity contribution is 0.0939. The first-order valence-electron chi connectivity index (χ1n) is 5.81. The first-order chi connectivity index (χ1) is 8.73. The lowest BCUT2D eigenvalue weighted by atomic mass is 10.1. The number of benzene rings is 1. The average Bonchev–Trinajstić information content (AvgIpc) is 2.29. The molecule has 0 aromatic heterocycles. The molecule has 5 nitrogen and oxygen atoms in total. The molecule has 0 bridgehead atoms. The third-order valence-electron chi connectivity index (χ3n) is 2.50. The number of halogens is 1. The van der Waals surface area contributed by atoms with Crippen LogP contribution in [0.25, 0.3) is 0 Å². The van der Waals surface area contributed by atoms with Crippen LogP contribution in [0.2, 0.25) is 5.02 Å². The second kappa shape index (κ2) is 6.25. The van der Waals surface area contributed by atoms with E-state index < -0.39 is 10.0 Å². The standard InChI is InChI=1S/C12H17ClN2O3S/c1-4-8(2)14-12(16)10-7-9(5-6-11(10)13)15-19(3,17)18/h5-8,15H,4H2,1-3H3,(H,14,16)/t8-/m1/s1. The number of hydrogen-bond donors (Lipinski definition) is 2. The van der Waals surface area contributed by atoms with Gasteiger partial charge in [0.2, 0.25) is 10.0 Å². The third kappa shape index (κ3) is 5.08. The summed E-state index contributed by atoms with van der Waals surface area (Å²) in [5, 5.41) is 3.05. The third-order valence-corrected chi connectivity index (χ3v) is 3.44. The van der Waals surface area contributed by atoms with Gasteiger partial charge in [-0.25, -0.2) is 8.42 Å². The highest BCUT2D eigenvalue weighted by Crippen LogP contribution is 2.21. The van der Waals surface area contributed by atoms with Crippen LogP contribution in [0.15, 0.2) is 18.2 Å². The van der Waals surface area contributed by atoms with Gasteiger partial charge in [0.05, 0.1) is 16.8 Å². The van der Waals surface area contributed by atoms with E-state index in [1.807, 2.05) is 13.8 Å². The van der Waals surface area contributed by atoms with E-state index in [0.29, 0.717) is 5.69 Å². The maximum Gasteiger partial charge on any atom is 0.253 e. The van der Waals surface area contributed by atoms with Gasteiger partial charge in [-0.1, -0.05) is 18.5 Å². The minimum atomic E-state index is -3.38. The van der Waals surface area contributed by atoms with Crippen molar-refractivity contribution in [2.75, 3.05) is 11.0 Å². The van der Waals surface area contributed by atoms with Gasteiger partial charge in [-0.2, -0.15) is 0 Å². The SMILES string of the molecule is CC[C@@H](C)NC(=O)c1cc(NS(C)(=O)=O)ccc1Cl. The summed E-state index contributed by atoms with van der Waals surface area (Å²) in [6, 6.07) is 4.43. The Labute approximate surface area is 118 Å². The molecule has 7 heteroatoms. The molecule has 1 amide bonds. The number of sulfonamides is 1. The molecule has 0 unspecified atom stereocenters. The van der Waals surface area contributed by atoms with Gasteiger partial charge in [-0.05, 0) is 31.5 Å². The van der Waals surface area contributed by atoms with E-state index >= 15 is 0 Å². The van der Waals surface area contributed by atoms with Gasteiger partial charge in [0, 0.05) is 11.7 Å². The van der Waals surface area contributed by atoms with Crippen molar-refractivity contribution >= 4 is 33.2 Å². The summed E-state index contributed by atoms with van der Waals surface area (Å²) in [5.74, 6) is -0.323. The van der Waals surface area contributed by atoms with Crippen LogP contribution in [-0.4, -0.2) is 26.6 Å². The van der Waals surface area contributed by atoms with Crippen LogP contribution in [0.3, 0.4) is 0 Å². The number of carbonyl (C=O) groups is 1. The predicted octanol–water partition coefficient (Wildman–Crippen LogP) is 2.24. The molecule has 1 rings (SSSR count). The summed E-state index contributed by atoms with van der Waals surface area (Å²) in [7, 11) is -3.38. The van der Waals surface area contributed by atoms with E-state index in [-0.39, 0.29) is 22.5 Å². The van der Waals surface area contributed by atoms with Crippen molar-refractivity contribution in [2.24, 2.45) is 0 Å². The molecule has 0 fully saturated rings. The molecule has 0 spiro atoms. The topological polar surface area (TPSA) is 75.3 Å². The quantitative estimate of drug-likeness (QED) is 0.876. The molecule has 0 saturated carbocycles. The molecular weight excluding hydrogens is 288 g/mol. The van der Waals surface area contributed by atoms with Crippen molar-refractivity contribution in [3.63, 3.8) is 0 Å². The van der Waals surface area contributed by atoms with Gasteiger partial charge in [0.1, 0.15) is 0 Å².